The Morgan fingerprint density at radius 3 is 2.87 bits per heavy atom. The highest BCUT2D eigenvalue weighted by molar-refractivity contribution is 5.46. The third kappa shape index (κ3) is 2.27. The van der Waals surface area contributed by atoms with Crippen LogP contribution in [-0.2, 0) is 4.74 Å². The average Bonchev–Trinajstić information content (AvgIpc) is 2.59. The van der Waals surface area contributed by atoms with Crippen molar-refractivity contribution in [3.63, 3.8) is 0 Å². The first-order valence-electron chi connectivity index (χ1n) is 4.95. The molecule has 15 heavy (non-hydrogen) atoms. The first-order chi connectivity index (χ1) is 7.16. The number of hydrogen-bond donors (Lipinski definition) is 2. The summed E-state index contributed by atoms with van der Waals surface area (Å²) in [7, 11) is 0. The zero-order chi connectivity index (χ0) is 10.8. The largest absolute Gasteiger partial charge is 0.388 e. The fourth-order valence-electron chi connectivity index (χ4n) is 1.58. The van der Waals surface area contributed by atoms with Gasteiger partial charge in [-0.05, 0) is 24.6 Å². The third-order valence-electron chi connectivity index (χ3n) is 2.57. The zero-order valence-electron chi connectivity index (χ0n) is 8.53. The SMILES string of the molecule is Cc1ccc(NC2COCC2O)cc1F. The second kappa shape index (κ2) is 4.16. The van der Waals surface area contributed by atoms with Gasteiger partial charge in [0.15, 0.2) is 0 Å². The van der Waals surface area contributed by atoms with Crippen LogP contribution in [0.25, 0.3) is 0 Å². The summed E-state index contributed by atoms with van der Waals surface area (Å²) in [5.74, 6) is -0.242. The molecule has 82 valence electrons. The quantitative estimate of drug-likeness (QED) is 0.775. The van der Waals surface area contributed by atoms with Crippen molar-refractivity contribution in [1.29, 1.82) is 0 Å². The monoisotopic (exact) mass is 211 g/mol. The van der Waals surface area contributed by atoms with Crippen molar-refractivity contribution in [2.75, 3.05) is 18.5 Å². The number of hydrogen-bond acceptors (Lipinski definition) is 3. The Morgan fingerprint density at radius 2 is 2.27 bits per heavy atom. The van der Waals surface area contributed by atoms with Crippen molar-refractivity contribution in [3.8, 4) is 0 Å². The summed E-state index contributed by atoms with van der Waals surface area (Å²) >= 11 is 0. The van der Waals surface area contributed by atoms with Crippen molar-refractivity contribution in [1.82, 2.24) is 0 Å². The van der Waals surface area contributed by atoms with Crippen LogP contribution in [-0.4, -0.2) is 30.5 Å². The minimum atomic E-state index is -0.519. The number of halogens is 1. The Morgan fingerprint density at radius 1 is 1.47 bits per heavy atom. The number of nitrogens with one attached hydrogen (secondary N) is 1. The van der Waals surface area contributed by atoms with E-state index in [9.17, 15) is 9.50 Å². The first kappa shape index (κ1) is 10.4. The lowest BCUT2D eigenvalue weighted by molar-refractivity contribution is 0.125. The molecule has 0 aromatic heterocycles. The number of rotatable bonds is 2. The molecule has 1 aliphatic heterocycles. The van der Waals surface area contributed by atoms with E-state index in [4.69, 9.17) is 4.74 Å². The molecule has 0 saturated carbocycles. The second-order valence-electron chi connectivity index (χ2n) is 3.82. The molecule has 3 nitrogen and oxygen atoms in total. The Bertz CT molecular complexity index is 356. The number of aliphatic hydroxyl groups excluding tert-OH is 1. The molecule has 1 aromatic carbocycles. The summed E-state index contributed by atoms with van der Waals surface area (Å²) in [6.07, 6.45) is -0.519. The summed E-state index contributed by atoms with van der Waals surface area (Å²) < 4.78 is 18.3. The summed E-state index contributed by atoms with van der Waals surface area (Å²) in [5, 5.41) is 12.5. The van der Waals surface area contributed by atoms with Crippen molar-refractivity contribution < 1.29 is 14.2 Å². The molecule has 1 aliphatic rings. The lowest BCUT2D eigenvalue weighted by atomic mass is 10.1. The van der Waals surface area contributed by atoms with Crippen molar-refractivity contribution >= 4 is 5.69 Å². The highest BCUT2D eigenvalue weighted by atomic mass is 19.1. The molecule has 0 bridgehead atoms. The van der Waals surface area contributed by atoms with E-state index in [1.807, 2.05) is 0 Å². The van der Waals surface area contributed by atoms with Crippen LogP contribution >= 0.6 is 0 Å². The van der Waals surface area contributed by atoms with Gasteiger partial charge in [0.05, 0.1) is 25.4 Å². The van der Waals surface area contributed by atoms with Gasteiger partial charge in [-0.2, -0.15) is 0 Å². The van der Waals surface area contributed by atoms with Gasteiger partial charge >= 0.3 is 0 Å². The van der Waals surface area contributed by atoms with Gasteiger partial charge in [-0.3, -0.25) is 0 Å². The number of aliphatic hydroxyl groups is 1. The maximum atomic E-state index is 13.2. The Labute approximate surface area is 87.9 Å². The number of aryl methyl sites for hydroxylation is 1. The van der Waals surface area contributed by atoms with Crippen LogP contribution in [0.2, 0.25) is 0 Å². The van der Waals surface area contributed by atoms with E-state index in [0.29, 0.717) is 24.5 Å². The summed E-state index contributed by atoms with van der Waals surface area (Å²) in [6.45, 7) is 2.51. The van der Waals surface area contributed by atoms with Gasteiger partial charge in [0, 0.05) is 5.69 Å². The number of benzene rings is 1. The molecule has 2 atom stereocenters. The van der Waals surface area contributed by atoms with Crippen LogP contribution in [0.3, 0.4) is 0 Å². The van der Waals surface area contributed by atoms with E-state index in [1.54, 1.807) is 19.1 Å². The van der Waals surface area contributed by atoms with Gasteiger partial charge in [-0.25, -0.2) is 4.39 Å². The molecular formula is C11H14FNO2. The molecule has 0 spiro atoms. The van der Waals surface area contributed by atoms with E-state index in [-0.39, 0.29) is 11.9 Å². The molecular weight excluding hydrogens is 197 g/mol. The van der Waals surface area contributed by atoms with E-state index < -0.39 is 6.10 Å². The highest BCUT2D eigenvalue weighted by Gasteiger charge is 2.25. The van der Waals surface area contributed by atoms with Crippen LogP contribution in [0.4, 0.5) is 10.1 Å². The predicted octanol–water partition coefficient (Wildman–Crippen LogP) is 1.31. The van der Waals surface area contributed by atoms with Crippen molar-refractivity contribution in [3.05, 3.63) is 29.6 Å². The van der Waals surface area contributed by atoms with Gasteiger partial charge < -0.3 is 15.2 Å². The van der Waals surface area contributed by atoms with Gasteiger partial charge in [0.2, 0.25) is 0 Å². The van der Waals surface area contributed by atoms with E-state index in [0.717, 1.165) is 0 Å². The molecule has 4 heteroatoms. The molecule has 0 aliphatic carbocycles. The molecule has 1 aromatic rings. The minimum absolute atomic E-state index is 0.146. The van der Waals surface area contributed by atoms with Crippen LogP contribution in [0.15, 0.2) is 18.2 Å². The number of anilines is 1. The Hall–Kier alpha value is -1.13. The Balaban J connectivity index is 2.07. The highest BCUT2D eigenvalue weighted by Crippen LogP contribution is 2.17. The van der Waals surface area contributed by atoms with E-state index in [2.05, 4.69) is 5.32 Å². The molecule has 1 heterocycles. The smallest absolute Gasteiger partial charge is 0.128 e. The van der Waals surface area contributed by atoms with Crippen LogP contribution < -0.4 is 5.32 Å². The maximum absolute atomic E-state index is 13.2. The van der Waals surface area contributed by atoms with E-state index >= 15 is 0 Å². The zero-order valence-corrected chi connectivity index (χ0v) is 8.53. The molecule has 2 unspecified atom stereocenters. The summed E-state index contributed by atoms with van der Waals surface area (Å²) in [6, 6.07) is 4.79. The van der Waals surface area contributed by atoms with Crippen LogP contribution in [0, 0.1) is 12.7 Å². The second-order valence-corrected chi connectivity index (χ2v) is 3.82. The van der Waals surface area contributed by atoms with Gasteiger partial charge in [0.25, 0.3) is 0 Å². The summed E-state index contributed by atoms with van der Waals surface area (Å²) in [5.41, 5.74) is 1.29. The summed E-state index contributed by atoms with van der Waals surface area (Å²) in [4.78, 5) is 0. The molecule has 1 saturated heterocycles. The molecule has 2 N–H and O–H groups in total. The predicted molar refractivity (Wildman–Crippen MR) is 55.4 cm³/mol. The third-order valence-corrected chi connectivity index (χ3v) is 2.57. The normalized spacial score (nSPS) is 25.5. The first-order valence-corrected chi connectivity index (χ1v) is 4.95. The van der Waals surface area contributed by atoms with Crippen molar-refractivity contribution in [2.45, 2.75) is 19.1 Å². The van der Waals surface area contributed by atoms with E-state index in [1.165, 1.54) is 6.07 Å². The maximum Gasteiger partial charge on any atom is 0.128 e. The lowest BCUT2D eigenvalue weighted by Crippen LogP contribution is -2.31. The minimum Gasteiger partial charge on any atom is -0.388 e. The molecule has 1 fully saturated rings. The fraction of sp³-hybridized carbons (Fsp3) is 0.455. The van der Waals surface area contributed by atoms with Gasteiger partial charge in [-0.1, -0.05) is 6.07 Å². The topological polar surface area (TPSA) is 41.5 Å². The molecule has 0 amide bonds. The van der Waals surface area contributed by atoms with Crippen LogP contribution in [0.5, 0.6) is 0 Å². The van der Waals surface area contributed by atoms with Gasteiger partial charge in [-0.15, -0.1) is 0 Å². The fourth-order valence-corrected chi connectivity index (χ4v) is 1.58. The number of ether oxygens (including phenoxy) is 1. The molecule has 2 rings (SSSR count). The standard InChI is InChI=1S/C11H14FNO2/c1-7-2-3-8(4-9(7)12)13-10-5-15-6-11(10)14/h2-4,10-11,13-14H,5-6H2,1H3. The lowest BCUT2D eigenvalue weighted by Gasteiger charge is -2.16. The van der Waals surface area contributed by atoms with Crippen molar-refractivity contribution in [2.24, 2.45) is 0 Å². The Kier molecular flexibility index (Phi) is 2.88. The molecule has 0 radical (unpaired) electrons. The van der Waals surface area contributed by atoms with Crippen LogP contribution in [0.1, 0.15) is 5.56 Å². The van der Waals surface area contributed by atoms with Gasteiger partial charge in [0.1, 0.15) is 5.82 Å². The average molecular weight is 211 g/mol.